The summed E-state index contributed by atoms with van der Waals surface area (Å²) in [6, 6.07) is 8.11. The Morgan fingerprint density at radius 2 is 2.00 bits per heavy atom. The monoisotopic (exact) mass is 228 g/mol. The SMILES string of the molecule is Cc1nccnc1N(C)c1cccc(CN)c1. The highest BCUT2D eigenvalue weighted by atomic mass is 15.2. The molecule has 1 aromatic carbocycles. The molecule has 0 aliphatic rings. The van der Waals surface area contributed by atoms with Crippen molar-refractivity contribution in [1.82, 2.24) is 9.97 Å². The first-order valence-corrected chi connectivity index (χ1v) is 5.52. The number of benzene rings is 1. The molecule has 2 aromatic rings. The van der Waals surface area contributed by atoms with Crippen LogP contribution in [-0.4, -0.2) is 17.0 Å². The highest BCUT2D eigenvalue weighted by molar-refractivity contribution is 5.61. The molecule has 0 bridgehead atoms. The van der Waals surface area contributed by atoms with Gasteiger partial charge in [-0.25, -0.2) is 4.98 Å². The highest BCUT2D eigenvalue weighted by Crippen LogP contribution is 2.23. The molecule has 1 heterocycles. The van der Waals surface area contributed by atoms with Crippen molar-refractivity contribution in [2.45, 2.75) is 13.5 Å². The fourth-order valence-electron chi connectivity index (χ4n) is 1.74. The number of hydrogen-bond acceptors (Lipinski definition) is 4. The molecule has 0 saturated carbocycles. The van der Waals surface area contributed by atoms with Gasteiger partial charge in [-0.15, -0.1) is 0 Å². The summed E-state index contributed by atoms with van der Waals surface area (Å²) in [7, 11) is 1.98. The minimum Gasteiger partial charge on any atom is -0.328 e. The van der Waals surface area contributed by atoms with Gasteiger partial charge in [0.25, 0.3) is 0 Å². The van der Waals surface area contributed by atoms with E-state index in [1.807, 2.05) is 37.1 Å². The Bertz CT molecular complexity index is 510. The van der Waals surface area contributed by atoms with Crippen LogP contribution in [-0.2, 0) is 6.54 Å². The Morgan fingerprint density at radius 1 is 1.24 bits per heavy atom. The van der Waals surface area contributed by atoms with Crippen molar-refractivity contribution in [1.29, 1.82) is 0 Å². The molecule has 0 radical (unpaired) electrons. The average molecular weight is 228 g/mol. The predicted octanol–water partition coefficient (Wildman–Crippen LogP) is 2.01. The molecule has 0 unspecified atom stereocenters. The lowest BCUT2D eigenvalue weighted by atomic mass is 10.2. The third kappa shape index (κ3) is 2.42. The molecule has 0 fully saturated rings. The van der Waals surface area contributed by atoms with Crippen LogP contribution in [0, 0.1) is 6.92 Å². The minimum absolute atomic E-state index is 0.543. The second kappa shape index (κ2) is 4.93. The maximum absolute atomic E-state index is 5.64. The Labute approximate surface area is 101 Å². The van der Waals surface area contributed by atoms with Crippen LogP contribution < -0.4 is 10.6 Å². The summed E-state index contributed by atoms with van der Waals surface area (Å²) in [5.41, 5.74) is 8.72. The van der Waals surface area contributed by atoms with Gasteiger partial charge in [0.1, 0.15) is 0 Å². The molecule has 2 rings (SSSR count). The summed E-state index contributed by atoms with van der Waals surface area (Å²) in [6.45, 7) is 2.49. The van der Waals surface area contributed by atoms with Crippen LogP contribution in [0.5, 0.6) is 0 Å². The van der Waals surface area contributed by atoms with E-state index in [2.05, 4.69) is 16.0 Å². The number of rotatable bonds is 3. The lowest BCUT2D eigenvalue weighted by molar-refractivity contribution is 1.03. The van der Waals surface area contributed by atoms with Crippen molar-refractivity contribution < 1.29 is 0 Å². The number of anilines is 2. The quantitative estimate of drug-likeness (QED) is 0.873. The molecule has 4 nitrogen and oxygen atoms in total. The average Bonchev–Trinajstić information content (AvgIpc) is 2.38. The van der Waals surface area contributed by atoms with Gasteiger partial charge in [-0.3, -0.25) is 4.98 Å². The van der Waals surface area contributed by atoms with E-state index in [1.165, 1.54) is 0 Å². The van der Waals surface area contributed by atoms with Crippen molar-refractivity contribution in [3.05, 3.63) is 47.9 Å². The fourth-order valence-corrected chi connectivity index (χ4v) is 1.74. The van der Waals surface area contributed by atoms with Gasteiger partial charge in [0.05, 0.1) is 5.69 Å². The molecular formula is C13H16N4. The molecular weight excluding hydrogens is 212 g/mol. The molecule has 0 saturated heterocycles. The second-order valence-corrected chi connectivity index (χ2v) is 3.90. The molecule has 4 heteroatoms. The first kappa shape index (κ1) is 11.5. The van der Waals surface area contributed by atoms with E-state index in [9.17, 15) is 0 Å². The second-order valence-electron chi connectivity index (χ2n) is 3.90. The van der Waals surface area contributed by atoms with Gasteiger partial charge < -0.3 is 10.6 Å². The largest absolute Gasteiger partial charge is 0.328 e. The number of aromatic nitrogens is 2. The van der Waals surface area contributed by atoms with Gasteiger partial charge in [0.2, 0.25) is 0 Å². The van der Waals surface area contributed by atoms with Gasteiger partial charge in [0, 0.05) is 31.7 Å². The third-order valence-corrected chi connectivity index (χ3v) is 2.71. The molecule has 0 spiro atoms. The predicted molar refractivity (Wildman–Crippen MR) is 69.2 cm³/mol. The van der Waals surface area contributed by atoms with Crippen LogP contribution >= 0.6 is 0 Å². The zero-order valence-corrected chi connectivity index (χ0v) is 10.1. The summed E-state index contributed by atoms with van der Waals surface area (Å²) >= 11 is 0. The maximum Gasteiger partial charge on any atom is 0.154 e. The van der Waals surface area contributed by atoms with Crippen molar-refractivity contribution in [3.63, 3.8) is 0 Å². The van der Waals surface area contributed by atoms with Gasteiger partial charge in [-0.05, 0) is 24.6 Å². The van der Waals surface area contributed by atoms with Crippen LogP contribution in [0.25, 0.3) is 0 Å². The Balaban J connectivity index is 2.37. The van der Waals surface area contributed by atoms with E-state index in [0.717, 1.165) is 22.8 Å². The van der Waals surface area contributed by atoms with Gasteiger partial charge in [0.15, 0.2) is 5.82 Å². The van der Waals surface area contributed by atoms with Crippen molar-refractivity contribution in [3.8, 4) is 0 Å². The summed E-state index contributed by atoms with van der Waals surface area (Å²) < 4.78 is 0. The van der Waals surface area contributed by atoms with E-state index >= 15 is 0 Å². The number of nitrogens with zero attached hydrogens (tertiary/aromatic N) is 3. The number of hydrogen-bond donors (Lipinski definition) is 1. The van der Waals surface area contributed by atoms with E-state index in [1.54, 1.807) is 12.4 Å². The molecule has 0 atom stereocenters. The maximum atomic E-state index is 5.64. The number of aryl methyl sites for hydroxylation is 1. The topological polar surface area (TPSA) is 55.0 Å². The van der Waals surface area contributed by atoms with Gasteiger partial charge in [-0.2, -0.15) is 0 Å². The van der Waals surface area contributed by atoms with Crippen LogP contribution in [0.4, 0.5) is 11.5 Å². The van der Waals surface area contributed by atoms with Crippen LogP contribution in [0.2, 0.25) is 0 Å². The van der Waals surface area contributed by atoms with Gasteiger partial charge in [-0.1, -0.05) is 12.1 Å². The lowest BCUT2D eigenvalue weighted by Gasteiger charge is -2.20. The molecule has 2 N–H and O–H groups in total. The molecule has 17 heavy (non-hydrogen) atoms. The fraction of sp³-hybridized carbons (Fsp3) is 0.231. The van der Waals surface area contributed by atoms with Crippen molar-refractivity contribution in [2.75, 3.05) is 11.9 Å². The standard InChI is InChI=1S/C13H16N4/c1-10-13(16-7-6-15-10)17(2)12-5-3-4-11(8-12)9-14/h3-8H,9,14H2,1-2H3. The molecule has 88 valence electrons. The summed E-state index contributed by atoms with van der Waals surface area (Å²) in [6.07, 6.45) is 3.40. The molecule has 0 aliphatic heterocycles. The third-order valence-electron chi connectivity index (χ3n) is 2.71. The Kier molecular flexibility index (Phi) is 3.35. The van der Waals surface area contributed by atoms with Crippen LogP contribution in [0.3, 0.4) is 0 Å². The van der Waals surface area contributed by atoms with E-state index in [-0.39, 0.29) is 0 Å². The summed E-state index contributed by atoms with van der Waals surface area (Å²) in [5, 5.41) is 0. The molecule has 1 aromatic heterocycles. The zero-order chi connectivity index (χ0) is 12.3. The Hall–Kier alpha value is -1.94. The van der Waals surface area contributed by atoms with E-state index in [4.69, 9.17) is 5.73 Å². The normalized spacial score (nSPS) is 10.3. The lowest BCUT2D eigenvalue weighted by Crippen LogP contribution is -2.13. The van der Waals surface area contributed by atoms with Gasteiger partial charge >= 0.3 is 0 Å². The molecule has 0 aliphatic carbocycles. The summed E-state index contributed by atoms with van der Waals surface area (Å²) in [5.74, 6) is 0.863. The first-order chi connectivity index (χ1) is 8.22. The highest BCUT2D eigenvalue weighted by Gasteiger charge is 2.08. The van der Waals surface area contributed by atoms with Crippen molar-refractivity contribution in [2.24, 2.45) is 5.73 Å². The first-order valence-electron chi connectivity index (χ1n) is 5.52. The smallest absolute Gasteiger partial charge is 0.154 e. The summed E-state index contributed by atoms with van der Waals surface area (Å²) in [4.78, 5) is 10.6. The van der Waals surface area contributed by atoms with E-state index < -0.39 is 0 Å². The Morgan fingerprint density at radius 3 is 2.71 bits per heavy atom. The van der Waals surface area contributed by atoms with Crippen LogP contribution in [0.15, 0.2) is 36.7 Å². The molecule has 0 amide bonds. The van der Waals surface area contributed by atoms with Crippen molar-refractivity contribution >= 4 is 11.5 Å². The minimum atomic E-state index is 0.543. The number of nitrogens with two attached hydrogens (primary N) is 1. The van der Waals surface area contributed by atoms with E-state index in [0.29, 0.717) is 6.54 Å². The zero-order valence-electron chi connectivity index (χ0n) is 10.1. The van der Waals surface area contributed by atoms with Crippen LogP contribution in [0.1, 0.15) is 11.3 Å².